The van der Waals surface area contributed by atoms with Crippen molar-refractivity contribution >= 4 is 17.4 Å². The van der Waals surface area contributed by atoms with E-state index in [4.69, 9.17) is 4.74 Å². The van der Waals surface area contributed by atoms with Crippen LogP contribution in [-0.4, -0.2) is 37.2 Å². The number of carbonyl (C=O) groups is 1. The summed E-state index contributed by atoms with van der Waals surface area (Å²) in [6.07, 6.45) is 0.629. The van der Waals surface area contributed by atoms with Crippen molar-refractivity contribution in [3.63, 3.8) is 0 Å². The Morgan fingerprint density at radius 1 is 1.26 bits per heavy atom. The number of benzene rings is 1. The van der Waals surface area contributed by atoms with Crippen molar-refractivity contribution in [2.24, 2.45) is 0 Å². The number of nitrogens with one attached hydrogen (secondary N) is 1. The van der Waals surface area contributed by atoms with Crippen LogP contribution in [-0.2, 0) is 11.3 Å². The number of amides is 1. The summed E-state index contributed by atoms with van der Waals surface area (Å²) in [5.41, 5.74) is 1.000. The molecule has 1 aromatic carbocycles. The van der Waals surface area contributed by atoms with E-state index in [2.05, 4.69) is 34.8 Å². The lowest BCUT2D eigenvalue weighted by atomic mass is 9.93. The molecule has 1 aromatic heterocycles. The van der Waals surface area contributed by atoms with Crippen LogP contribution in [0.5, 0.6) is 0 Å². The van der Waals surface area contributed by atoms with Crippen molar-refractivity contribution < 1.29 is 9.53 Å². The van der Waals surface area contributed by atoms with E-state index >= 15 is 0 Å². The van der Waals surface area contributed by atoms with E-state index in [0.717, 1.165) is 25.1 Å². The van der Waals surface area contributed by atoms with Crippen LogP contribution in [0, 0.1) is 0 Å². The molecule has 122 valence electrons. The van der Waals surface area contributed by atoms with Gasteiger partial charge >= 0.3 is 6.09 Å². The first-order chi connectivity index (χ1) is 11.2. The summed E-state index contributed by atoms with van der Waals surface area (Å²) in [4.78, 5) is 15.7. The van der Waals surface area contributed by atoms with Crippen molar-refractivity contribution in [2.75, 3.05) is 20.1 Å². The third-order valence-electron chi connectivity index (χ3n) is 4.11. The van der Waals surface area contributed by atoms with Gasteiger partial charge in [0.15, 0.2) is 0 Å². The second-order valence-electron chi connectivity index (χ2n) is 6.07. The SMILES string of the molecule is CN1CC(NC(=O)OCc2ccccc2)CC(c2cccs2)C1. The molecule has 1 saturated heterocycles. The standard InChI is InChI=1S/C18H22N2O2S/c1-20-11-15(17-8-5-9-23-17)10-16(12-20)19-18(21)22-13-14-6-3-2-4-7-14/h2-9,15-16H,10-13H2,1H3,(H,19,21). The molecule has 2 heterocycles. The smallest absolute Gasteiger partial charge is 0.407 e. The van der Waals surface area contributed by atoms with Gasteiger partial charge < -0.3 is 15.0 Å². The van der Waals surface area contributed by atoms with E-state index in [9.17, 15) is 4.79 Å². The second kappa shape index (κ2) is 7.62. The summed E-state index contributed by atoms with van der Waals surface area (Å²) in [6.45, 7) is 2.21. The maximum atomic E-state index is 12.0. The molecule has 0 bridgehead atoms. The first-order valence-corrected chi connectivity index (χ1v) is 8.78. The fourth-order valence-electron chi connectivity index (χ4n) is 3.09. The average Bonchev–Trinajstić information content (AvgIpc) is 3.08. The molecule has 23 heavy (non-hydrogen) atoms. The van der Waals surface area contributed by atoms with E-state index in [1.807, 2.05) is 30.3 Å². The summed E-state index contributed by atoms with van der Waals surface area (Å²) in [5, 5.41) is 5.12. The van der Waals surface area contributed by atoms with Crippen molar-refractivity contribution in [2.45, 2.75) is 25.0 Å². The fourth-order valence-corrected chi connectivity index (χ4v) is 3.92. The minimum Gasteiger partial charge on any atom is -0.445 e. The quantitative estimate of drug-likeness (QED) is 0.933. The van der Waals surface area contributed by atoms with Crippen LogP contribution in [0.2, 0.25) is 0 Å². The number of hydrogen-bond donors (Lipinski definition) is 1. The zero-order valence-corrected chi connectivity index (χ0v) is 14.1. The number of piperidine rings is 1. The van der Waals surface area contributed by atoms with Gasteiger partial charge in [-0.1, -0.05) is 36.4 Å². The maximum absolute atomic E-state index is 12.0. The van der Waals surface area contributed by atoms with Crippen LogP contribution in [0.15, 0.2) is 47.8 Å². The molecule has 1 fully saturated rings. The number of alkyl carbamates (subject to hydrolysis) is 1. The van der Waals surface area contributed by atoms with Crippen LogP contribution in [0.4, 0.5) is 4.79 Å². The molecular weight excluding hydrogens is 308 g/mol. The normalized spacial score (nSPS) is 21.8. The summed E-state index contributed by atoms with van der Waals surface area (Å²) in [7, 11) is 2.10. The molecule has 5 heteroatoms. The number of hydrogen-bond acceptors (Lipinski definition) is 4. The predicted molar refractivity (Wildman–Crippen MR) is 92.7 cm³/mol. The summed E-state index contributed by atoms with van der Waals surface area (Å²) < 4.78 is 5.33. The fraction of sp³-hybridized carbons (Fsp3) is 0.389. The summed E-state index contributed by atoms with van der Waals surface area (Å²) in [6, 6.07) is 14.1. The predicted octanol–water partition coefficient (Wildman–Crippen LogP) is 3.46. The number of nitrogens with zero attached hydrogens (tertiary/aromatic N) is 1. The molecule has 0 radical (unpaired) electrons. The Bertz CT molecular complexity index is 615. The number of ether oxygens (including phenoxy) is 1. The minimum absolute atomic E-state index is 0.129. The highest BCUT2D eigenvalue weighted by Crippen LogP contribution is 2.29. The van der Waals surface area contributed by atoms with Gasteiger partial charge in [0.05, 0.1) is 0 Å². The van der Waals surface area contributed by atoms with E-state index in [0.29, 0.717) is 12.5 Å². The van der Waals surface area contributed by atoms with Gasteiger partial charge in [0, 0.05) is 29.9 Å². The van der Waals surface area contributed by atoms with Gasteiger partial charge in [0.1, 0.15) is 6.61 Å². The molecule has 4 nitrogen and oxygen atoms in total. The Morgan fingerprint density at radius 2 is 2.09 bits per heavy atom. The van der Waals surface area contributed by atoms with Gasteiger partial charge in [-0.2, -0.15) is 0 Å². The number of thiophene rings is 1. The largest absolute Gasteiger partial charge is 0.445 e. The highest BCUT2D eigenvalue weighted by atomic mass is 32.1. The summed E-state index contributed by atoms with van der Waals surface area (Å²) in [5.74, 6) is 0.480. The molecule has 2 aromatic rings. The van der Waals surface area contributed by atoms with Gasteiger partial charge in [0.2, 0.25) is 0 Å². The van der Waals surface area contributed by atoms with Gasteiger partial charge in [-0.05, 0) is 30.5 Å². The Balaban J connectivity index is 1.51. The molecule has 0 aliphatic carbocycles. The van der Waals surface area contributed by atoms with E-state index < -0.39 is 0 Å². The number of carbonyl (C=O) groups excluding carboxylic acids is 1. The van der Waals surface area contributed by atoms with Crippen LogP contribution in [0.3, 0.4) is 0 Å². The van der Waals surface area contributed by atoms with Crippen molar-refractivity contribution in [1.29, 1.82) is 0 Å². The Labute approximate surface area is 141 Å². The van der Waals surface area contributed by atoms with Crippen molar-refractivity contribution in [3.8, 4) is 0 Å². The van der Waals surface area contributed by atoms with Crippen LogP contribution >= 0.6 is 11.3 Å². The number of likely N-dealkylation sites (tertiary alicyclic amines) is 1. The molecule has 0 saturated carbocycles. The minimum atomic E-state index is -0.334. The van der Waals surface area contributed by atoms with Gasteiger partial charge in [-0.3, -0.25) is 0 Å². The van der Waals surface area contributed by atoms with Crippen molar-refractivity contribution in [1.82, 2.24) is 10.2 Å². The van der Waals surface area contributed by atoms with E-state index in [1.54, 1.807) is 11.3 Å². The lowest BCUT2D eigenvalue weighted by Crippen LogP contribution is -2.48. The number of likely N-dealkylation sites (N-methyl/N-ethyl adjacent to an activating group) is 1. The zero-order valence-electron chi connectivity index (χ0n) is 13.3. The third-order valence-corrected chi connectivity index (χ3v) is 5.15. The van der Waals surface area contributed by atoms with Crippen LogP contribution in [0.1, 0.15) is 22.8 Å². The first-order valence-electron chi connectivity index (χ1n) is 7.90. The lowest BCUT2D eigenvalue weighted by Gasteiger charge is -2.35. The van der Waals surface area contributed by atoms with Gasteiger partial charge in [-0.15, -0.1) is 11.3 Å². The maximum Gasteiger partial charge on any atom is 0.407 e. The molecule has 3 rings (SSSR count). The Kier molecular flexibility index (Phi) is 5.31. The van der Waals surface area contributed by atoms with Gasteiger partial charge in [-0.25, -0.2) is 4.79 Å². The Morgan fingerprint density at radius 3 is 2.83 bits per heavy atom. The molecule has 2 unspecified atom stereocenters. The zero-order chi connectivity index (χ0) is 16.1. The molecule has 1 N–H and O–H groups in total. The molecule has 0 spiro atoms. The monoisotopic (exact) mass is 330 g/mol. The van der Waals surface area contributed by atoms with E-state index in [-0.39, 0.29) is 12.1 Å². The molecule has 2 atom stereocenters. The number of rotatable bonds is 4. The average molecular weight is 330 g/mol. The van der Waals surface area contributed by atoms with Gasteiger partial charge in [0.25, 0.3) is 0 Å². The first kappa shape index (κ1) is 16.0. The molecule has 1 aliphatic heterocycles. The highest BCUT2D eigenvalue weighted by molar-refractivity contribution is 7.10. The Hall–Kier alpha value is -1.85. The third kappa shape index (κ3) is 4.56. The molecular formula is C18H22N2O2S. The molecule has 1 amide bonds. The van der Waals surface area contributed by atoms with Crippen molar-refractivity contribution in [3.05, 3.63) is 58.3 Å². The van der Waals surface area contributed by atoms with Crippen LogP contribution in [0.25, 0.3) is 0 Å². The topological polar surface area (TPSA) is 41.6 Å². The molecule has 1 aliphatic rings. The second-order valence-corrected chi connectivity index (χ2v) is 7.05. The highest BCUT2D eigenvalue weighted by Gasteiger charge is 2.28. The summed E-state index contributed by atoms with van der Waals surface area (Å²) >= 11 is 1.79. The van der Waals surface area contributed by atoms with E-state index in [1.165, 1.54) is 4.88 Å². The van der Waals surface area contributed by atoms with Crippen LogP contribution < -0.4 is 5.32 Å². The lowest BCUT2D eigenvalue weighted by molar-refractivity contribution is 0.125.